The first kappa shape index (κ1) is 8.81. The molecule has 14 heavy (non-hydrogen) atoms. The lowest BCUT2D eigenvalue weighted by atomic mass is 10.1. The molecule has 2 rings (SSSR count). The van der Waals surface area contributed by atoms with E-state index in [1.807, 2.05) is 6.07 Å². The van der Waals surface area contributed by atoms with Gasteiger partial charge in [0.1, 0.15) is 12.1 Å². The van der Waals surface area contributed by atoms with Crippen LogP contribution in [0.5, 0.6) is 0 Å². The molecule has 0 saturated carbocycles. The smallest absolute Gasteiger partial charge is 0.134 e. The van der Waals surface area contributed by atoms with Crippen molar-refractivity contribution in [3.8, 4) is 11.1 Å². The number of hydrogen-bond donors (Lipinski definition) is 0. The summed E-state index contributed by atoms with van der Waals surface area (Å²) in [5.41, 5.74) is 1.88. The van der Waals surface area contributed by atoms with Gasteiger partial charge in [0.2, 0.25) is 0 Å². The molecular weight excluding hydrogens is 179 g/mol. The molecule has 0 aliphatic rings. The van der Waals surface area contributed by atoms with Gasteiger partial charge in [-0.3, -0.25) is 0 Å². The van der Waals surface area contributed by atoms with Crippen LogP contribution in [0.1, 0.15) is 5.56 Å². The van der Waals surface area contributed by atoms with Gasteiger partial charge in [0.15, 0.2) is 0 Å². The first-order valence-corrected chi connectivity index (χ1v) is 4.29. The topological polar surface area (TPSA) is 25.8 Å². The fourth-order valence-electron chi connectivity index (χ4n) is 1.31. The zero-order valence-corrected chi connectivity index (χ0v) is 7.74. The summed E-state index contributed by atoms with van der Waals surface area (Å²) in [5.74, 6) is -0.206. The summed E-state index contributed by atoms with van der Waals surface area (Å²) >= 11 is 0. The fraction of sp³-hybridized carbons (Fsp3) is 0.0909. The van der Waals surface area contributed by atoms with E-state index in [0.29, 0.717) is 16.7 Å². The van der Waals surface area contributed by atoms with Gasteiger partial charge < -0.3 is 0 Å². The predicted octanol–water partition coefficient (Wildman–Crippen LogP) is 2.59. The average Bonchev–Trinajstić information content (AvgIpc) is 2.23. The molecule has 3 heteroatoms. The lowest BCUT2D eigenvalue weighted by molar-refractivity contribution is 0.622. The second kappa shape index (κ2) is 3.54. The molecular formula is C11H9FN2. The Morgan fingerprint density at radius 1 is 1.14 bits per heavy atom. The van der Waals surface area contributed by atoms with Crippen LogP contribution in [0, 0.1) is 12.7 Å². The molecule has 1 aromatic heterocycles. The van der Waals surface area contributed by atoms with Gasteiger partial charge in [-0.15, -0.1) is 0 Å². The fourth-order valence-corrected chi connectivity index (χ4v) is 1.31. The van der Waals surface area contributed by atoms with Gasteiger partial charge >= 0.3 is 0 Å². The molecule has 0 fully saturated rings. The van der Waals surface area contributed by atoms with E-state index in [2.05, 4.69) is 9.97 Å². The van der Waals surface area contributed by atoms with Crippen molar-refractivity contribution >= 4 is 0 Å². The zero-order valence-electron chi connectivity index (χ0n) is 7.74. The Morgan fingerprint density at radius 3 is 2.57 bits per heavy atom. The Balaban J connectivity index is 2.58. The van der Waals surface area contributed by atoms with Crippen molar-refractivity contribution < 1.29 is 4.39 Å². The van der Waals surface area contributed by atoms with Gasteiger partial charge in [0.25, 0.3) is 0 Å². The first-order valence-electron chi connectivity index (χ1n) is 4.29. The monoisotopic (exact) mass is 188 g/mol. The number of benzene rings is 1. The third kappa shape index (κ3) is 1.48. The van der Waals surface area contributed by atoms with Crippen molar-refractivity contribution in [2.24, 2.45) is 0 Å². The van der Waals surface area contributed by atoms with Crippen LogP contribution in [0.4, 0.5) is 4.39 Å². The second-order valence-electron chi connectivity index (χ2n) is 3.06. The van der Waals surface area contributed by atoms with Crippen LogP contribution in [-0.4, -0.2) is 9.97 Å². The van der Waals surface area contributed by atoms with Crippen LogP contribution in [0.3, 0.4) is 0 Å². The van der Waals surface area contributed by atoms with E-state index in [9.17, 15) is 4.39 Å². The number of aryl methyl sites for hydroxylation is 1. The van der Waals surface area contributed by atoms with E-state index >= 15 is 0 Å². The highest BCUT2D eigenvalue weighted by molar-refractivity contribution is 5.62. The lowest BCUT2D eigenvalue weighted by Crippen LogP contribution is -1.89. The zero-order chi connectivity index (χ0) is 9.97. The highest BCUT2D eigenvalue weighted by atomic mass is 19.1. The number of halogens is 1. The summed E-state index contributed by atoms with van der Waals surface area (Å²) in [5, 5.41) is 0. The molecule has 0 saturated heterocycles. The standard InChI is InChI=1S/C11H9FN2/c1-8-3-2-4-10(11(8)12)9-5-13-7-14-6-9/h2-7H,1H3. The second-order valence-corrected chi connectivity index (χ2v) is 3.06. The Bertz CT molecular complexity index is 440. The molecule has 70 valence electrons. The highest BCUT2D eigenvalue weighted by Gasteiger charge is 2.06. The van der Waals surface area contributed by atoms with Crippen LogP contribution in [-0.2, 0) is 0 Å². The maximum atomic E-state index is 13.6. The van der Waals surface area contributed by atoms with Crippen molar-refractivity contribution in [3.63, 3.8) is 0 Å². The lowest BCUT2D eigenvalue weighted by Gasteiger charge is -2.03. The van der Waals surface area contributed by atoms with Crippen LogP contribution >= 0.6 is 0 Å². The van der Waals surface area contributed by atoms with Crippen molar-refractivity contribution in [1.29, 1.82) is 0 Å². The molecule has 2 nitrogen and oxygen atoms in total. The molecule has 0 bridgehead atoms. The van der Waals surface area contributed by atoms with Crippen LogP contribution in [0.2, 0.25) is 0 Å². The minimum Gasteiger partial charge on any atom is -0.244 e. The SMILES string of the molecule is Cc1cccc(-c2cncnc2)c1F. The van der Waals surface area contributed by atoms with E-state index in [1.54, 1.807) is 31.5 Å². The molecule has 0 unspecified atom stereocenters. The summed E-state index contributed by atoms with van der Waals surface area (Å²) in [6, 6.07) is 5.28. The minimum atomic E-state index is -0.206. The third-order valence-electron chi connectivity index (χ3n) is 2.06. The van der Waals surface area contributed by atoms with Crippen molar-refractivity contribution in [3.05, 3.63) is 48.3 Å². The van der Waals surface area contributed by atoms with Gasteiger partial charge in [-0.1, -0.05) is 18.2 Å². The number of aromatic nitrogens is 2. The van der Waals surface area contributed by atoms with Crippen LogP contribution in [0.25, 0.3) is 11.1 Å². The quantitative estimate of drug-likeness (QED) is 0.687. The number of rotatable bonds is 1. The Labute approximate surface area is 81.5 Å². The summed E-state index contributed by atoms with van der Waals surface area (Å²) < 4.78 is 13.6. The Hall–Kier alpha value is -1.77. The van der Waals surface area contributed by atoms with Crippen molar-refractivity contribution in [1.82, 2.24) is 9.97 Å². The molecule has 0 atom stereocenters. The van der Waals surface area contributed by atoms with Crippen LogP contribution < -0.4 is 0 Å². The summed E-state index contributed by atoms with van der Waals surface area (Å²) in [4.78, 5) is 7.71. The molecule has 1 aromatic carbocycles. The summed E-state index contributed by atoms with van der Waals surface area (Å²) in [7, 11) is 0. The highest BCUT2D eigenvalue weighted by Crippen LogP contribution is 2.22. The third-order valence-corrected chi connectivity index (χ3v) is 2.06. The summed E-state index contributed by atoms with van der Waals surface area (Å²) in [6.07, 6.45) is 4.63. The van der Waals surface area contributed by atoms with Gasteiger partial charge in [-0.2, -0.15) is 0 Å². The molecule has 0 radical (unpaired) electrons. The molecule has 0 aliphatic carbocycles. The summed E-state index contributed by atoms with van der Waals surface area (Å²) in [6.45, 7) is 1.74. The average molecular weight is 188 g/mol. The van der Waals surface area contributed by atoms with Crippen molar-refractivity contribution in [2.45, 2.75) is 6.92 Å². The molecule has 2 aromatic rings. The first-order chi connectivity index (χ1) is 6.79. The normalized spacial score (nSPS) is 10.1. The molecule has 0 amide bonds. The van der Waals surface area contributed by atoms with Crippen molar-refractivity contribution in [2.75, 3.05) is 0 Å². The van der Waals surface area contributed by atoms with E-state index < -0.39 is 0 Å². The van der Waals surface area contributed by atoms with Crippen LogP contribution in [0.15, 0.2) is 36.9 Å². The molecule has 0 spiro atoms. The van der Waals surface area contributed by atoms with E-state index in [1.165, 1.54) is 6.33 Å². The molecule has 1 heterocycles. The molecule has 0 aliphatic heterocycles. The largest absolute Gasteiger partial charge is 0.244 e. The maximum absolute atomic E-state index is 13.6. The minimum absolute atomic E-state index is 0.206. The van der Waals surface area contributed by atoms with E-state index in [4.69, 9.17) is 0 Å². The van der Waals surface area contributed by atoms with Gasteiger partial charge in [0.05, 0.1) is 0 Å². The maximum Gasteiger partial charge on any atom is 0.134 e. The van der Waals surface area contributed by atoms with Gasteiger partial charge in [-0.25, -0.2) is 14.4 Å². The Morgan fingerprint density at radius 2 is 1.86 bits per heavy atom. The van der Waals surface area contributed by atoms with E-state index in [0.717, 1.165) is 0 Å². The Kier molecular flexibility index (Phi) is 2.23. The number of nitrogens with zero attached hydrogens (tertiary/aromatic N) is 2. The predicted molar refractivity (Wildman–Crippen MR) is 52.2 cm³/mol. The molecule has 0 N–H and O–H groups in total. The van der Waals surface area contributed by atoms with E-state index in [-0.39, 0.29) is 5.82 Å². The number of hydrogen-bond acceptors (Lipinski definition) is 2. The van der Waals surface area contributed by atoms with Gasteiger partial charge in [-0.05, 0) is 12.5 Å². The van der Waals surface area contributed by atoms with Gasteiger partial charge in [0, 0.05) is 23.5 Å².